The Morgan fingerprint density at radius 3 is 2.20 bits per heavy atom. The van der Waals surface area contributed by atoms with E-state index in [9.17, 15) is 27.6 Å². The minimum atomic E-state index is -4.50. The number of aromatic nitrogens is 3. The van der Waals surface area contributed by atoms with Crippen LogP contribution in [0.15, 0.2) is 67.1 Å². The normalized spacial score (nSPS) is 16.3. The van der Waals surface area contributed by atoms with Gasteiger partial charge in [0.25, 0.3) is 0 Å². The van der Waals surface area contributed by atoms with Gasteiger partial charge in [-0.25, -0.2) is 14.8 Å². The first-order valence-electron chi connectivity index (χ1n) is 14.3. The maximum Gasteiger partial charge on any atom is 0.416 e. The molecule has 1 saturated heterocycles. The van der Waals surface area contributed by atoms with Crippen LogP contribution in [-0.2, 0) is 15.7 Å². The summed E-state index contributed by atoms with van der Waals surface area (Å²) >= 11 is 0. The van der Waals surface area contributed by atoms with Gasteiger partial charge >= 0.3 is 12.3 Å². The standard InChI is InChI=1S/C32H32F3N5O5/c1-31(2,3)45-30(43)39-15-4-5-21(17-39)29(42)40-16-14-24-27(40)37-18-38-28(24)44-23-12-8-20(9-13-23)25(26(36)41)19-6-10-22(11-7-19)32(33,34)35/h6-14,16,18,21,25H,4-5,15,17H2,1-3H3,(H2,36,41). The number of primary amides is 1. The molecule has 1 aliphatic rings. The molecular formula is C32H32F3N5O5. The second-order valence-electron chi connectivity index (χ2n) is 11.8. The number of carbonyl (C=O) groups is 3. The van der Waals surface area contributed by atoms with E-state index in [1.54, 1.807) is 62.2 Å². The first-order valence-corrected chi connectivity index (χ1v) is 14.3. The number of fused-ring (bicyclic) bond motifs is 1. The van der Waals surface area contributed by atoms with Crippen LogP contribution in [0, 0.1) is 5.92 Å². The quantitative estimate of drug-likeness (QED) is 0.273. The zero-order valence-corrected chi connectivity index (χ0v) is 24.9. The molecule has 0 aliphatic carbocycles. The van der Waals surface area contributed by atoms with E-state index in [-0.39, 0.29) is 18.3 Å². The Morgan fingerprint density at radius 1 is 0.956 bits per heavy atom. The summed E-state index contributed by atoms with van der Waals surface area (Å²) in [6.07, 6.45) is -0.827. The molecule has 2 atom stereocenters. The highest BCUT2D eigenvalue weighted by molar-refractivity contribution is 5.94. The SMILES string of the molecule is CC(C)(C)OC(=O)N1CCCC(C(=O)n2ccc3c(Oc4ccc(C(C(N)=O)c5ccc(C(F)(F)F)cc5)cc4)ncnc32)C1. The number of rotatable bonds is 6. The van der Waals surface area contributed by atoms with Gasteiger partial charge in [0.05, 0.1) is 22.8 Å². The molecule has 1 aliphatic heterocycles. The van der Waals surface area contributed by atoms with Crippen molar-refractivity contribution in [3.8, 4) is 11.6 Å². The topological polar surface area (TPSA) is 130 Å². The number of alkyl halides is 3. The molecule has 2 N–H and O–H groups in total. The third-order valence-electron chi connectivity index (χ3n) is 7.39. The highest BCUT2D eigenvalue weighted by Crippen LogP contribution is 2.34. The fraction of sp³-hybridized carbons (Fsp3) is 0.344. The minimum absolute atomic E-state index is 0.188. The van der Waals surface area contributed by atoms with Gasteiger partial charge in [0.2, 0.25) is 17.7 Å². The smallest absolute Gasteiger partial charge is 0.416 e. The van der Waals surface area contributed by atoms with Gasteiger partial charge in [0.15, 0.2) is 5.65 Å². The second kappa shape index (κ2) is 12.2. The van der Waals surface area contributed by atoms with E-state index >= 15 is 0 Å². The molecule has 45 heavy (non-hydrogen) atoms. The molecule has 236 valence electrons. The van der Waals surface area contributed by atoms with Gasteiger partial charge in [-0.1, -0.05) is 24.3 Å². The summed E-state index contributed by atoms with van der Waals surface area (Å²) in [6.45, 7) is 6.11. The van der Waals surface area contributed by atoms with Crippen LogP contribution < -0.4 is 10.5 Å². The predicted molar refractivity (Wildman–Crippen MR) is 158 cm³/mol. The Bertz CT molecular complexity index is 1710. The summed E-state index contributed by atoms with van der Waals surface area (Å²) in [7, 11) is 0. The van der Waals surface area contributed by atoms with Crippen LogP contribution in [0.2, 0.25) is 0 Å². The summed E-state index contributed by atoms with van der Waals surface area (Å²) in [5, 5.41) is 0.481. The number of nitrogens with two attached hydrogens (primary N) is 1. The van der Waals surface area contributed by atoms with Gasteiger partial charge in [-0.3, -0.25) is 14.2 Å². The number of benzene rings is 2. The van der Waals surface area contributed by atoms with E-state index in [0.717, 1.165) is 12.1 Å². The largest absolute Gasteiger partial charge is 0.444 e. The van der Waals surface area contributed by atoms with Gasteiger partial charge in [0, 0.05) is 19.3 Å². The van der Waals surface area contributed by atoms with Crippen LogP contribution in [-0.4, -0.2) is 56.0 Å². The molecule has 2 aromatic carbocycles. The van der Waals surface area contributed by atoms with E-state index in [1.165, 1.54) is 23.0 Å². The maximum atomic E-state index is 13.5. The van der Waals surface area contributed by atoms with Gasteiger partial charge in [0.1, 0.15) is 17.7 Å². The Kier molecular flexibility index (Phi) is 8.55. The zero-order chi connectivity index (χ0) is 32.5. The molecule has 2 unspecified atom stereocenters. The van der Waals surface area contributed by atoms with Crippen molar-refractivity contribution in [2.24, 2.45) is 11.7 Å². The molecule has 10 nitrogen and oxygen atoms in total. The molecular weight excluding hydrogens is 591 g/mol. The molecule has 0 bridgehead atoms. The first kappa shape index (κ1) is 31.5. The molecule has 2 aromatic heterocycles. The number of carbonyl (C=O) groups excluding carboxylic acids is 3. The van der Waals surface area contributed by atoms with Crippen molar-refractivity contribution in [3.63, 3.8) is 0 Å². The molecule has 0 saturated carbocycles. The Balaban J connectivity index is 1.32. The van der Waals surface area contributed by atoms with E-state index < -0.39 is 41.2 Å². The number of hydrogen-bond acceptors (Lipinski definition) is 7. The highest BCUT2D eigenvalue weighted by atomic mass is 19.4. The number of halogens is 3. The third-order valence-corrected chi connectivity index (χ3v) is 7.39. The molecule has 13 heteroatoms. The number of nitrogens with zero attached hydrogens (tertiary/aromatic N) is 4. The average molecular weight is 624 g/mol. The van der Waals surface area contributed by atoms with Crippen LogP contribution in [0.25, 0.3) is 11.0 Å². The van der Waals surface area contributed by atoms with E-state index in [0.29, 0.717) is 47.3 Å². The van der Waals surface area contributed by atoms with Crippen LogP contribution >= 0.6 is 0 Å². The number of hydrogen-bond donors (Lipinski definition) is 1. The van der Waals surface area contributed by atoms with Gasteiger partial charge in [-0.15, -0.1) is 0 Å². The van der Waals surface area contributed by atoms with Crippen LogP contribution in [0.4, 0.5) is 18.0 Å². The summed E-state index contributed by atoms with van der Waals surface area (Å²) < 4.78 is 51.9. The summed E-state index contributed by atoms with van der Waals surface area (Å²) in [6, 6.07) is 12.3. The molecule has 0 radical (unpaired) electrons. The van der Waals surface area contributed by atoms with Gasteiger partial charge in [-0.2, -0.15) is 13.2 Å². The van der Waals surface area contributed by atoms with Crippen LogP contribution in [0.5, 0.6) is 11.6 Å². The molecule has 0 spiro atoms. The van der Waals surface area contributed by atoms with Gasteiger partial charge in [-0.05, 0) is 75.1 Å². The van der Waals surface area contributed by atoms with E-state index in [1.807, 2.05) is 0 Å². The number of piperidine rings is 1. The highest BCUT2D eigenvalue weighted by Gasteiger charge is 2.33. The van der Waals surface area contributed by atoms with Crippen molar-refractivity contribution in [2.45, 2.75) is 51.3 Å². The number of ether oxygens (including phenoxy) is 2. The van der Waals surface area contributed by atoms with E-state index in [2.05, 4.69) is 9.97 Å². The molecule has 1 fully saturated rings. The first-order chi connectivity index (χ1) is 21.2. The number of likely N-dealkylation sites (tertiary alicyclic amines) is 1. The summed E-state index contributed by atoms with van der Waals surface area (Å²) in [5.74, 6) is -1.82. The molecule has 2 amide bonds. The van der Waals surface area contributed by atoms with Crippen LogP contribution in [0.1, 0.15) is 61.0 Å². The Morgan fingerprint density at radius 2 is 1.60 bits per heavy atom. The van der Waals surface area contributed by atoms with Crippen molar-refractivity contribution < 1.29 is 37.0 Å². The lowest BCUT2D eigenvalue weighted by molar-refractivity contribution is -0.137. The van der Waals surface area contributed by atoms with Crippen LogP contribution in [0.3, 0.4) is 0 Å². The minimum Gasteiger partial charge on any atom is -0.444 e. The fourth-order valence-corrected chi connectivity index (χ4v) is 5.28. The molecule has 3 heterocycles. The van der Waals surface area contributed by atoms with Crippen molar-refractivity contribution in [2.75, 3.05) is 13.1 Å². The lowest BCUT2D eigenvalue weighted by atomic mass is 9.90. The fourth-order valence-electron chi connectivity index (χ4n) is 5.28. The lowest BCUT2D eigenvalue weighted by Gasteiger charge is -2.33. The lowest BCUT2D eigenvalue weighted by Crippen LogP contribution is -2.45. The van der Waals surface area contributed by atoms with Gasteiger partial charge < -0.3 is 20.1 Å². The van der Waals surface area contributed by atoms with E-state index in [4.69, 9.17) is 15.2 Å². The Hall–Kier alpha value is -4.94. The van der Waals surface area contributed by atoms with Crippen molar-refractivity contribution in [3.05, 3.63) is 83.8 Å². The summed E-state index contributed by atoms with van der Waals surface area (Å²) in [4.78, 5) is 48.5. The monoisotopic (exact) mass is 623 g/mol. The van der Waals surface area contributed by atoms with Crippen molar-refractivity contribution in [1.29, 1.82) is 0 Å². The van der Waals surface area contributed by atoms with Crippen molar-refractivity contribution >= 4 is 28.9 Å². The zero-order valence-electron chi connectivity index (χ0n) is 24.9. The average Bonchev–Trinajstić information content (AvgIpc) is 3.42. The second-order valence-corrected chi connectivity index (χ2v) is 11.8. The molecule has 4 aromatic rings. The Labute approximate surface area is 256 Å². The number of amides is 2. The summed E-state index contributed by atoms with van der Waals surface area (Å²) in [5.41, 5.74) is 5.26. The third kappa shape index (κ3) is 7.08. The molecule has 5 rings (SSSR count). The maximum absolute atomic E-state index is 13.5. The predicted octanol–water partition coefficient (Wildman–Crippen LogP) is 6.15. The van der Waals surface area contributed by atoms with Crippen molar-refractivity contribution in [1.82, 2.24) is 19.4 Å².